The predicted molar refractivity (Wildman–Crippen MR) is 85.5 cm³/mol. The molecule has 0 radical (unpaired) electrons. The molecule has 0 saturated carbocycles. The minimum atomic E-state index is -0.159. The number of para-hydroxylation sites is 1. The molecule has 112 valence electrons. The molecule has 1 aliphatic rings. The third-order valence-corrected chi connectivity index (χ3v) is 3.99. The van der Waals surface area contributed by atoms with Crippen LogP contribution in [0.25, 0.3) is 11.3 Å². The lowest BCUT2D eigenvalue weighted by Crippen LogP contribution is -2.24. The SMILES string of the molecule is CCCn1c(C)nc(-c2cccc3c2OC(C)(C)C3)c1N. The number of ether oxygens (including phenoxy) is 1. The summed E-state index contributed by atoms with van der Waals surface area (Å²) in [5.41, 5.74) is 9.26. The van der Waals surface area contributed by atoms with Crippen LogP contribution in [0.4, 0.5) is 5.82 Å². The first-order chi connectivity index (χ1) is 9.93. The van der Waals surface area contributed by atoms with Gasteiger partial charge in [-0.25, -0.2) is 4.98 Å². The first-order valence-electron chi connectivity index (χ1n) is 7.57. The van der Waals surface area contributed by atoms with Crippen LogP contribution in [0.3, 0.4) is 0 Å². The molecule has 2 heterocycles. The van der Waals surface area contributed by atoms with E-state index in [2.05, 4.69) is 48.5 Å². The fourth-order valence-electron chi connectivity index (χ4n) is 3.09. The maximum Gasteiger partial charge on any atom is 0.133 e. The third-order valence-electron chi connectivity index (χ3n) is 3.99. The second-order valence-electron chi connectivity index (χ2n) is 6.38. The van der Waals surface area contributed by atoms with E-state index >= 15 is 0 Å². The smallest absolute Gasteiger partial charge is 0.133 e. The Balaban J connectivity index is 2.12. The molecule has 21 heavy (non-hydrogen) atoms. The fraction of sp³-hybridized carbons (Fsp3) is 0.471. The van der Waals surface area contributed by atoms with Gasteiger partial charge in [0.2, 0.25) is 0 Å². The van der Waals surface area contributed by atoms with E-state index in [9.17, 15) is 0 Å². The van der Waals surface area contributed by atoms with Gasteiger partial charge in [-0.1, -0.05) is 19.1 Å². The van der Waals surface area contributed by atoms with Crippen LogP contribution < -0.4 is 10.5 Å². The number of aromatic nitrogens is 2. The molecule has 0 fully saturated rings. The third kappa shape index (κ3) is 2.28. The van der Waals surface area contributed by atoms with Crippen LogP contribution in [0.5, 0.6) is 5.75 Å². The Morgan fingerprint density at radius 2 is 2.14 bits per heavy atom. The summed E-state index contributed by atoms with van der Waals surface area (Å²) in [4.78, 5) is 4.68. The number of nitrogens with zero attached hydrogens (tertiary/aromatic N) is 2. The monoisotopic (exact) mass is 285 g/mol. The number of fused-ring (bicyclic) bond motifs is 1. The zero-order valence-electron chi connectivity index (χ0n) is 13.2. The number of benzene rings is 1. The number of rotatable bonds is 3. The molecule has 4 nitrogen and oxygen atoms in total. The van der Waals surface area contributed by atoms with Crippen LogP contribution in [0.15, 0.2) is 18.2 Å². The largest absolute Gasteiger partial charge is 0.487 e. The van der Waals surface area contributed by atoms with Gasteiger partial charge in [0.05, 0.1) is 0 Å². The van der Waals surface area contributed by atoms with E-state index in [0.29, 0.717) is 0 Å². The minimum absolute atomic E-state index is 0.159. The molecule has 0 spiro atoms. The average molecular weight is 285 g/mol. The van der Waals surface area contributed by atoms with Gasteiger partial charge in [-0.05, 0) is 38.8 Å². The van der Waals surface area contributed by atoms with E-state index in [1.807, 2.05) is 6.92 Å². The van der Waals surface area contributed by atoms with Gasteiger partial charge in [0.25, 0.3) is 0 Å². The Morgan fingerprint density at radius 3 is 2.86 bits per heavy atom. The lowest BCUT2D eigenvalue weighted by molar-refractivity contribution is 0.139. The standard InChI is InChI=1S/C17H23N3O/c1-5-9-20-11(2)19-14(16(20)18)13-8-6-7-12-10-17(3,4)21-15(12)13/h6-8H,5,9-10,18H2,1-4H3. The van der Waals surface area contributed by atoms with Gasteiger partial charge in [0.1, 0.15) is 28.7 Å². The summed E-state index contributed by atoms with van der Waals surface area (Å²) in [6, 6.07) is 6.24. The number of hydrogen-bond donors (Lipinski definition) is 1. The molecule has 2 N–H and O–H groups in total. The van der Waals surface area contributed by atoms with E-state index in [1.54, 1.807) is 0 Å². The van der Waals surface area contributed by atoms with Crippen LogP contribution in [-0.2, 0) is 13.0 Å². The maximum absolute atomic E-state index is 6.33. The van der Waals surface area contributed by atoms with Crippen molar-refractivity contribution in [3.05, 3.63) is 29.6 Å². The van der Waals surface area contributed by atoms with Crippen LogP contribution in [-0.4, -0.2) is 15.2 Å². The van der Waals surface area contributed by atoms with Crippen molar-refractivity contribution in [1.29, 1.82) is 0 Å². The Hall–Kier alpha value is -1.97. The number of aryl methyl sites for hydroxylation is 1. The van der Waals surface area contributed by atoms with E-state index in [-0.39, 0.29) is 5.60 Å². The highest BCUT2D eigenvalue weighted by molar-refractivity contribution is 5.78. The summed E-state index contributed by atoms with van der Waals surface area (Å²) in [6.07, 6.45) is 1.96. The molecule has 0 aliphatic carbocycles. The number of anilines is 1. The Morgan fingerprint density at radius 1 is 1.38 bits per heavy atom. The van der Waals surface area contributed by atoms with Crippen LogP contribution in [0, 0.1) is 6.92 Å². The summed E-state index contributed by atoms with van der Waals surface area (Å²) in [5.74, 6) is 2.63. The highest BCUT2D eigenvalue weighted by atomic mass is 16.5. The first kappa shape index (κ1) is 14.0. The molecular weight excluding hydrogens is 262 g/mol. The van der Waals surface area contributed by atoms with Crippen molar-refractivity contribution in [2.45, 2.75) is 52.7 Å². The van der Waals surface area contributed by atoms with Gasteiger partial charge in [0, 0.05) is 18.5 Å². The Bertz CT molecular complexity index is 686. The number of nitrogens with two attached hydrogens (primary N) is 1. The molecule has 0 atom stereocenters. The second kappa shape index (κ2) is 4.79. The van der Waals surface area contributed by atoms with Crippen LogP contribution >= 0.6 is 0 Å². The molecule has 0 saturated heterocycles. The van der Waals surface area contributed by atoms with Crippen molar-refractivity contribution >= 4 is 5.82 Å². The number of hydrogen-bond acceptors (Lipinski definition) is 3. The first-order valence-corrected chi connectivity index (χ1v) is 7.57. The topological polar surface area (TPSA) is 53.1 Å². The predicted octanol–water partition coefficient (Wildman–Crippen LogP) is 3.56. The van der Waals surface area contributed by atoms with Gasteiger partial charge in [-0.15, -0.1) is 0 Å². The van der Waals surface area contributed by atoms with E-state index in [0.717, 1.165) is 48.0 Å². The molecule has 2 aromatic rings. The highest BCUT2D eigenvalue weighted by Crippen LogP contribution is 2.43. The Kier molecular flexibility index (Phi) is 3.19. The maximum atomic E-state index is 6.33. The molecular formula is C17H23N3O. The molecule has 1 aromatic carbocycles. The van der Waals surface area contributed by atoms with Gasteiger partial charge in [0.15, 0.2) is 0 Å². The van der Waals surface area contributed by atoms with Gasteiger partial charge in [-0.2, -0.15) is 0 Å². The van der Waals surface area contributed by atoms with Crippen molar-refractivity contribution in [3.63, 3.8) is 0 Å². The number of imidazole rings is 1. The molecule has 4 heteroatoms. The zero-order valence-corrected chi connectivity index (χ0v) is 13.2. The second-order valence-corrected chi connectivity index (χ2v) is 6.38. The van der Waals surface area contributed by atoms with Crippen molar-refractivity contribution in [3.8, 4) is 17.0 Å². The van der Waals surface area contributed by atoms with Gasteiger partial charge >= 0.3 is 0 Å². The Labute approximate surface area is 125 Å². The molecule has 1 aliphatic heterocycles. The average Bonchev–Trinajstić information content (AvgIpc) is 2.87. The van der Waals surface area contributed by atoms with Gasteiger partial charge < -0.3 is 15.0 Å². The lowest BCUT2D eigenvalue weighted by Gasteiger charge is -2.18. The van der Waals surface area contributed by atoms with E-state index in [1.165, 1.54) is 5.56 Å². The lowest BCUT2D eigenvalue weighted by atomic mass is 10.00. The molecule has 0 unspecified atom stereocenters. The summed E-state index contributed by atoms with van der Waals surface area (Å²) in [6.45, 7) is 9.27. The quantitative estimate of drug-likeness (QED) is 0.938. The van der Waals surface area contributed by atoms with E-state index < -0.39 is 0 Å². The highest BCUT2D eigenvalue weighted by Gasteiger charge is 2.33. The molecule has 1 aromatic heterocycles. The van der Waals surface area contributed by atoms with Crippen molar-refractivity contribution in [2.24, 2.45) is 0 Å². The van der Waals surface area contributed by atoms with Gasteiger partial charge in [-0.3, -0.25) is 0 Å². The van der Waals surface area contributed by atoms with Crippen molar-refractivity contribution < 1.29 is 4.74 Å². The van der Waals surface area contributed by atoms with Crippen molar-refractivity contribution in [2.75, 3.05) is 5.73 Å². The summed E-state index contributed by atoms with van der Waals surface area (Å²) in [5, 5.41) is 0. The number of nitrogen functional groups attached to an aromatic ring is 1. The van der Waals surface area contributed by atoms with Crippen molar-refractivity contribution in [1.82, 2.24) is 9.55 Å². The summed E-state index contributed by atoms with van der Waals surface area (Å²) >= 11 is 0. The normalized spacial score (nSPS) is 15.8. The van der Waals surface area contributed by atoms with Crippen LogP contribution in [0.2, 0.25) is 0 Å². The summed E-state index contributed by atoms with van der Waals surface area (Å²) in [7, 11) is 0. The van der Waals surface area contributed by atoms with E-state index in [4.69, 9.17) is 10.5 Å². The van der Waals surface area contributed by atoms with Crippen LogP contribution in [0.1, 0.15) is 38.6 Å². The molecule has 3 rings (SSSR count). The fourth-order valence-corrected chi connectivity index (χ4v) is 3.09. The minimum Gasteiger partial charge on any atom is -0.487 e. The molecule has 0 bridgehead atoms. The zero-order chi connectivity index (χ0) is 15.2. The molecule has 0 amide bonds. The summed E-state index contributed by atoms with van der Waals surface area (Å²) < 4.78 is 8.22.